The number of hydrogen-bond donors (Lipinski definition) is 3. The van der Waals surface area contributed by atoms with E-state index in [1.165, 1.54) is 0 Å². The van der Waals surface area contributed by atoms with Crippen LogP contribution in [0.5, 0.6) is 11.5 Å². The lowest BCUT2D eigenvalue weighted by atomic mass is 9.55. The van der Waals surface area contributed by atoms with E-state index >= 15 is 0 Å². The van der Waals surface area contributed by atoms with E-state index in [2.05, 4.69) is 18.0 Å². The van der Waals surface area contributed by atoms with E-state index in [1.807, 2.05) is 70.2 Å². The second kappa shape index (κ2) is 22.3. The van der Waals surface area contributed by atoms with Crippen LogP contribution in [-0.4, -0.2) is 90.7 Å². The number of ether oxygens (including phenoxy) is 5. The van der Waals surface area contributed by atoms with Gasteiger partial charge in [0.1, 0.15) is 17.5 Å². The molecule has 2 aromatic rings. The molecule has 2 aromatic carbocycles. The minimum absolute atomic E-state index is 0.000527. The Morgan fingerprint density at radius 3 is 2.52 bits per heavy atom. The number of rotatable bonds is 20. The van der Waals surface area contributed by atoms with Gasteiger partial charge >= 0.3 is 12.2 Å². The van der Waals surface area contributed by atoms with E-state index in [4.69, 9.17) is 33.7 Å². The van der Waals surface area contributed by atoms with Gasteiger partial charge in [-0.2, -0.15) is 0 Å². The molecule has 3 N–H and O–H groups in total. The van der Waals surface area contributed by atoms with Crippen LogP contribution in [0.3, 0.4) is 0 Å². The molecule has 13 heteroatoms. The number of nitrogens with one attached hydrogen (secondary N) is 1. The highest BCUT2D eigenvalue weighted by Crippen LogP contribution is 2.62. The molecule has 4 aliphatic rings. The Morgan fingerprint density at radius 2 is 1.82 bits per heavy atom. The van der Waals surface area contributed by atoms with E-state index in [-0.39, 0.29) is 56.0 Å². The standard InChI is InChI=1S/C49H69N3O10/c1-6-24-52(47(56)58-33-48(3,4)5)42-31-40(51-62-43-21-13-16-28-57-43)38-29-35(19-11-14-25-53)37(20-12-15-26-54)44-39-30-36(60-46(55)50-32-34-17-9-8-10-18-34)22-23-41(39)61-49(42,45(38)44)59-27-7-2/h7-10,17-18,22-23,29-30,35,37,42-45,53-54H,2,6,11-16,19-21,24-28,31-33H2,1,3-5H3,(H,50,55). The number of aliphatic hydroxyl groups excluding tert-OH is 2. The highest BCUT2D eigenvalue weighted by Gasteiger charge is 2.65. The van der Waals surface area contributed by atoms with Crippen LogP contribution in [0, 0.1) is 23.2 Å². The molecular formula is C49H69N3O10. The number of nitrogens with zero attached hydrogens (tertiary/aromatic N) is 2. The predicted molar refractivity (Wildman–Crippen MR) is 237 cm³/mol. The molecule has 2 heterocycles. The molecule has 2 amide bonds. The molecule has 7 atom stereocenters. The first-order valence-electron chi connectivity index (χ1n) is 22.8. The summed E-state index contributed by atoms with van der Waals surface area (Å²) in [7, 11) is 0. The van der Waals surface area contributed by atoms with Crippen LogP contribution in [0.25, 0.3) is 0 Å². The molecule has 0 spiro atoms. The predicted octanol–water partition coefficient (Wildman–Crippen LogP) is 9.03. The zero-order chi connectivity index (χ0) is 44.1. The molecule has 0 radical (unpaired) electrons. The third kappa shape index (κ3) is 11.6. The average Bonchev–Trinajstić information content (AvgIpc) is 3.27. The summed E-state index contributed by atoms with van der Waals surface area (Å²) in [4.78, 5) is 35.7. The van der Waals surface area contributed by atoms with Gasteiger partial charge in [-0.05, 0) is 91.5 Å². The second-order valence-corrected chi connectivity index (χ2v) is 18.2. The normalized spacial score (nSPS) is 26.0. The Kier molecular flexibility index (Phi) is 16.9. The van der Waals surface area contributed by atoms with Gasteiger partial charge < -0.3 is 44.1 Å². The third-order valence-corrected chi connectivity index (χ3v) is 12.3. The number of unbranched alkanes of at least 4 members (excludes halogenated alkanes) is 2. The topological polar surface area (TPSA) is 158 Å². The van der Waals surface area contributed by atoms with E-state index in [0.717, 1.165) is 55.2 Å². The van der Waals surface area contributed by atoms with E-state index in [9.17, 15) is 19.8 Å². The first-order valence-corrected chi connectivity index (χ1v) is 22.8. The Hall–Kier alpha value is -4.43. The number of benzene rings is 2. The van der Waals surface area contributed by atoms with Crippen LogP contribution >= 0.6 is 0 Å². The molecule has 13 nitrogen and oxygen atoms in total. The van der Waals surface area contributed by atoms with Crippen LogP contribution in [-0.2, 0) is 25.6 Å². The van der Waals surface area contributed by atoms with Gasteiger partial charge in [0.15, 0.2) is 0 Å². The van der Waals surface area contributed by atoms with Gasteiger partial charge in [0.05, 0.1) is 31.5 Å². The van der Waals surface area contributed by atoms with Crippen molar-refractivity contribution in [1.82, 2.24) is 10.2 Å². The molecule has 0 aromatic heterocycles. The van der Waals surface area contributed by atoms with Crippen molar-refractivity contribution >= 4 is 17.9 Å². The first kappa shape index (κ1) is 47.1. The van der Waals surface area contributed by atoms with Crippen LogP contribution in [0.2, 0.25) is 0 Å². The quantitative estimate of drug-likeness (QED) is 0.0667. The first-order chi connectivity index (χ1) is 30.0. The molecular weight excluding hydrogens is 791 g/mol. The number of allylic oxidation sites excluding steroid dienone is 1. The fraction of sp³-hybridized carbons (Fsp3) is 0.612. The van der Waals surface area contributed by atoms with E-state index in [0.29, 0.717) is 62.6 Å². The summed E-state index contributed by atoms with van der Waals surface area (Å²) in [6, 6.07) is 14.4. The van der Waals surface area contributed by atoms with Gasteiger partial charge in [-0.25, -0.2) is 9.59 Å². The average molecular weight is 860 g/mol. The summed E-state index contributed by atoms with van der Waals surface area (Å²) >= 11 is 0. The molecule has 340 valence electrons. The van der Waals surface area contributed by atoms with Crippen LogP contribution in [0.15, 0.2) is 78.0 Å². The van der Waals surface area contributed by atoms with Crippen molar-refractivity contribution in [1.29, 1.82) is 0 Å². The lowest BCUT2D eigenvalue weighted by molar-refractivity contribution is -0.255. The fourth-order valence-electron chi connectivity index (χ4n) is 9.52. The number of carbonyl (C=O) groups is 2. The maximum Gasteiger partial charge on any atom is 0.412 e. The molecule has 1 saturated heterocycles. The number of fused-ring (bicyclic) bond motifs is 2. The van der Waals surface area contributed by atoms with Crippen molar-refractivity contribution in [3.8, 4) is 11.5 Å². The van der Waals surface area contributed by atoms with E-state index in [1.54, 1.807) is 17.0 Å². The molecule has 2 aliphatic heterocycles. The summed E-state index contributed by atoms with van der Waals surface area (Å²) in [5, 5.41) is 27.7. The van der Waals surface area contributed by atoms with Gasteiger partial charge in [-0.3, -0.25) is 4.90 Å². The summed E-state index contributed by atoms with van der Waals surface area (Å²) in [6.45, 7) is 13.9. The highest BCUT2D eigenvalue weighted by molar-refractivity contribution is 6.03. The van der Waals surface area contributed by atoms with Crippen LogP contribution < -0.4 is 14.8 Å². The van der Waals surface area contributed by atoms with Gasteiger partial charge in [0.25, 0.3) is 0 Å². The summed E-state index contributed by atoms with van der Waals surface area (Å²) in [6.07, 6.45) is 10.4. The lowest BCUT2D eigenvalue weighted by Gasteiger charge is -2.60. The molecule has 0 bridgehead atoms. The van der Waals surface area contributed by atoms with Crippen molar-refractivity contribution in [3.63, 3.8) is 0 Å². The highest BCUT2D eigenvalue weighted by atomic mass is 16.8. The van der Waals surface area contributed by atoms with Crippen LogP contribution in [0.1, 0.15) is 115 Å². The molecule has 2 fully saturated rings. The second-order valence-electron chi connectivity index (χ2n) is 18.2. The van der Waals surface area contributed by atoms with Crippen molar-refractivity contribution in [2.45, 2.75) is 129 Å². The maximum absolute atomic E-state index is 14.5. The summed E-state index contributed by atoms with van der Waals surface area (Å²) < 4.78 is 32.4. The van der Waals surface area contributed by atoms with Crippen molar-refractivity contribution in [3.05, 3.63) is 84.0 Å². The smallest absolute Gasteiger partial charge is 0.412 e. The largest absolute Gasteiger partial charge is 0.459 e. The van der Waals surface area contributed by atoms with E-state index < -0.39 is 36.2 Å². The fourth-order valence-corrected chi connectivity index (χ4v) is 9.52. The third-order valence-electron chi connectivity index (χ3n) is 12.3. The van der Waals surface area contributed by atoms with Crippen molar-refractivity contribution in [2.24, 2.45) is 28.3 Å². The summed E-state index contributed by atoms with van der Waals surface area (Å²) in [5.41, 5.74) is 3.12. The monoisotopic (exact) mass is 859 g/mol. The minimum atomic E-state index is -1.44. The van der Waals surface area contributed by atoms with Gasteiger partial charge in [0.2, 0.25) is 12.1 Å². The molecule has 1 saturated carbocycles. The number of carbonyl (C=O) groups excluding carboxylic acids is 2. The molecule has 7 unspecified atom stereocenters. The number of oxime groups is 1. The van der Waals surface area contributed by atoms with Gasteiger partial charge in [-0.15, -0.1) is 6.58 Å². The Labute approximate surface area is 367 Å². The van der Waals surface area contributed by atoms with Gasteiger partial charge in [0, 0.05) is 50.6 Å². The Balaban J connectivity index is 1.52. The molecule has 6 rings (SSSR count). The number of aliphatic hydroxyl groups is 2. The maximum atomic E-state index is 14.5. The Morgan fingerprint density at radius 1 is 1.05 bits per heavy atom. The van der Waals surface area contributed by atoms with Crippen LogP contribution in [0.4, 0.5) is 9.59 Å². The van der Waals surface area contributed by atoms with Crippen molar-refractivity contribution in [2.75, 3.05) is 39.6 Å². The molecule has 2 aliphatic carbocycles. The minimum Gasteiger partial charge on any atom is -0.459 e. The number of amides is 2. The Bertz CT molecular complexity index is 1840. The molecule has 62 heavy (non-hydrogen) atoms. The lowest BCUT2D eigenvalue weighted by Crippen LogP contribution is -2.70. The zero-order valence-corrected chi connectivity index (χ0v) is 37.2. The van der Waals surface area contributed by atoms with Gasteiger partial charge in [-0.1, -0.05) is 88.2 Å². The SMILES string of the molecule is C=CCOC12Oc3ccc(OC(=O)NCc4ccccc4)cc3C3C(CCCCO)C(CCCCO)C=C(C(=NOC4CCCCO4)CC1N(CCC)C(=O)OCC(C)(C)C)C32. The summed E-state index contributed by atoms with van der Waals surface area (Å²) in [5.74, 6) is -1.29. The number of hydrogen-bond acceptors (Lipinski definition) is 11. The zero-order valence-electron chi connectivity index (χ0n) is 37.2. The van der Waals surface area contributed by atoms with Crippen molar-refractivity contribution < 1.29 is 48.3 Å².